The van der Waals surface area contributed by atoms with Crippen molar-refractivity contribution in [2.75, 3.05) is 0 Å². The molecule has 0 aromatic carbocycles. The molecule has 0 atom stereocenters. The number of rotatable bonds is 0. The van der Waals surface area contributed by atoms with Crippen LogP contribution in [0, 0.1) is 29.2 Å². The van der Waals surface area contributed by atoms with Gasteiger partial charge >= 0.3 is 47.1 Å². The molecule has 0 saturated carbocycles. The van der Waals surface area contributed by atoms with Gasteiger partial charge < -0.3 is 0 Å². The number of halogens is 3. The van der Waals surface area contributed by atoms with Crippen molar-refractivity contribution in [1.82, 2.24) is 0 Å². The molecule has 0 N–H and O–H groups in total. The second-order valence-corrected chi connectivity index (χ2v) is 10.1. The van der Waals surface area contributed by atoms with E-state index in [4.69, 9.17) is 17.9 Å². The minimum absolute atomic E-state index is 1.98. The zero-order chi connectivity index (χ0) is 3.58. The molecular formula is Cl3Gd. The van der Waals surface area contributed by atoms with Gasteiger partial charge in [0, 0.05) is 0 Å². The normalized spacial score (nSPS) is 11.2. The van der Waals surface area contributed by atoms with Crippen molar-refractivity contribution in [2.24, 2.45) is 0 Å². The molecular weight excluding hydrogens is 264 g/mol. The van der Waals surface area contributed by atoms with Crippen LogP contribution in [0.2, 0.25) is 0 Å². The third-order valence-electron chi connectivity index (χ3n) is 0. The molecule has 0 fully saturated rings. The Balaban J connectivity index is 2.32. The molecule has 0 heterocycles. The van der Waals surface area contributed by atoms with Gasteiger partial charge in [0.05, 0.1) is 0 Å². The monoisotopic (exact) mass is 263 g/mol. The summed E-state index contributed by atoms with van der Waals surface area (Å²) in [6.45, 7) is 0. The summed E-state index contributed by atoms with van der Waals surface area (Å²) in [6.07, 6.45) is 0. The molecule has 0 saturated heterocycles. The van der Waals surface area contributed by atoms with Crippen LogP contribution in [0.1, 0.15) is 0 Å². The molecule has 0 unspecified atom stereocenters. The molecule has 0 aromatic heterocycles. The molecule has 0 spiro atoms. The van der Waals surface area contributed by atoms with Crippen LogP contribution in [-0.4, -0.2) is 0 Å². The van der Waals surface area contributed by atoms with Gasteiger partial charge in [-0.1, -0.05) is 0 Å². The predicted octanol–water partition coefficient (Wildman–Crippen LogP) is 2.07. The summed E-state index contributed by atoms with van der Waals surface area (Å²) in [5, 5.41) is 0. The molecule has 29 valence electrons. The molecule has 0 aromatic rings. The Morgan fingerprint density at radius 3 is 1.00 bits per heavy atom. The van der Waals surface area contributed by atoms with E-state index >= 15 is 0 Å². The van der Waals surface area contributed by atoms with Gasteiger partial charge in [-0.25, -0.2) is 0 Å². The van der Waals surface area contributed by atoms with E-state index in [-0.39, 0.29) is 0 Å². The van der Waals surface area contributed by atoms with Crippen LogP contribution >= 0.6 is 17.9 Å². The third kappa shape index (κ3) is 8.89. The van der Waals surface area contributed by atoms with Crippen molar-refractivity contribution in [2.45, 2.75) is 0 Å². The fourth-order valence-electron chi connectivity index (χ4n) is 0. The van der Waals surface area contributed by atoms with Gasteiger partial charge in [0.15, 0.2) is 0 Å². The quantitative estimate of drug-likeness (QED) is 0.628. The van der Waals surface area contributed by atoms with E-state index in [2.05, 4.69) is 0 Å². The van der Waals surface area contributed by atoms with E-state index in [1.165, 1.54) is 0 Å². The minimum atomic E-state index is -1.98. The van der Waals surface area contributed by atoms with Crippen LogP contribution in [0.3, 0.4) is 0 Å². The summed E-state index contributed by atoms with van der Waals surface area (Å²) in [7, 11) is 0. The second-order valence-electron chi connectivity index (χ2n) is 0.152. The Morgan fingerprint density at radius 1 is 1.00 bits per heavy atom. The first kappa shape index (κ1) is 6.19. The number of hydrogen-bond donors (Lipinski definition) is 0. The van der Waals surface area contributed by atoms with Crippen molar-refractivity contribution >= 4 is 17.9 Å². The third-order valence-corrected chi connectivity index (χ3v) is 0. The molecule has 0 aliphatic rings. The molecule has 4 heavy (non-hydrogen) atoms. The van der Waals surface area contributed by atoms with Gasteiger partial charge in [-0.15, -0.1) is 0 Å². The summed E-state index contributed by atoms with van der Waals surface area (Å²) in [5.41, 5.74) is 0. The van der Waals surface area contributed by atoms with Gasteiger partial charge in [-0.3, -0.25) is 0 Å². The second kappa shape index (κ2) is 3.39. The fourth-order valence-corrected chi connectivity index (χ4v) is 0. The van der Waals surface area contributed by atoms with Crippen LogP contribution in [0.15, 0.2) is 0 Å². The van der Waals surface area contributed by atoms with E-state index in [0.29, 0.717) is 0 Å². The molecule has 0 radical (unpaired) electrons. The van der Waals surface area contributed by atoms with Gasteiger partial charge in [-0.2, -0.15) is 0 Å². The van der Waals surface area contributed by atoms with E-state index < -0.39 is 29.2 Å². The van der Waals surface area contributed by atoms with Crippen molar-refractivity contribution < 1.29 is 29.2 Å². The Bertz CT molecular complexity index is 8.00. The van der Waals surface area contributed by atoms with Gasteiger partial charge in [0.2, 0.25) is 0 Å². The van der Waals surface area contributed by atoms with Gasteiger partial charge in [0.25, 0.3) is 0 Å². The summed E-state index contributed by atoms with van der Waals surface area (Å²) >= 11 is -1.98. The van der Waals surface area contributed by atoms with Crippen LogP contribution in [-0.2, 0) is 0 Å². The summed E-state index contributed by atoms with van der Waals surface area (Å²) in [4.78, 5) is 0. The Labute approximate surface area is 46.0 Å². The van der Waals surface area contributed by atoms with Crippen LogP contribution < -0.4 is 0 Å². The van der Waals surface area contributed by atoms with Gasteiger partial charge in [0.1, 0.15) is 0 Å². The van der Waals surface area contributed by atoms with Crippen molar-refractivity contribution in [3.63, 3.8) is 0 Å². The average Bonchev–Trinajstić information content (AvgIpc) is 0.811. The molecule has 4 heteroatoms. The topological polar surface area (TPSA) is 0 Å². The van der Waals surface area contributed by atoms with Gasteiger partial charge in [-0.05, 0) is 0 Å². The Kier molecular flexibility index (Phi) is 5.25. The molecule has 0 aliphatic heterocycles. The standard InChI is InChI=1S/3ClH.Gd/h3*1H;/q;;;+3/p-3. The van der Waals surface area contributed by atoms with Crippen molar-refractivity contribution in [1.29, 1.82) is 0 Å². The summed E-state index contributed by atoms with van der Waals surface area (Å²) < 4.78 is 0. The molecule has 0 rings (SSSR count). The SMILES string of the molecule is [Cl][Gd]([Cl])[Cl]. The van der Waals surface area contributed by atoms with Crippen LogP contribution in [0.4, 0.5) is 0 Å². The van der Waals surface area contributed by atoms with E-state index in [9.17, 15) is 0 Å². The molecule has 0 aliphatic carbocycles. The van der Waals surface area contributed by atoms with Crippen molar-refractivity contribution in [3.05, 3.63) is 0 Å². The maximum atomic E-state index is 4.98. The maximum absolute atomic E-state index is 4.98. The predicted molar refractivity (Wildman–Crippen MR) is 17.6 cm³/mol. The summed E-state index contributed by atoms with van der Waals surface area (Å²) in [6, 6.07) is 0. The average molecular weight is 264 g/mol. The van der Waals surface area contributed by atoms with Crippen LogP contribution in [0.5, 0.6) is 0 Å². The first-order valence-electron chi connectivity index (χ1n) is 0.401. The van der Waals surface area contributed by atoms with E-state index in [1.807, 2.05) is 0 Å². The summed E-state index contributed by atoms with van der Waals surface area (Å²) in [5.74, 6) is 14.9. The fraction of sp³-hybridized carbons (Fsp3) is 0. The number of hydrogen-bond acceptors (Lipinski definition) is 0. The van der Waals surface area contributed by atoms with E-state index in [1.54, 1.807) is 0 Å². The first-order valence-corrected chi connectivity index (χ1v) is 8.92. The Morgan fingerprint density at radius 2 is 1.00 bits per heavy atom. The molecule has 0 bridgehead atoms. The van der Waals surface area contributed by atoms with E-state index in [0.717, 1.165) is 0 Å². The van der Waals surface area contributed by atoms with Crippen molar-refractivity contribution in [3.8, 4) is 0 Å². The van der Waals surface area contributed by atoms with Crippen LogP contribution in [0.25, 0.3) is 0 Å². The Hall–Kier alpha value is 2.19. The molecule has 0 amide bonds. The zero-order valence-corrected chi connectivity index (χ0v) is 6.02. The molecule has 0 nitrogen and oxygen atoms in total. The zero-order valence-electron chi connectivity index (χ0n) is 1.49. The first-order chi connectivity index (χ1) is 1.73.